The normalized spacial score (nSPS) is 14.1. The van der Waals surface area contributed by atoms with Gasteiger partial charge in [-0.1, -0.05) is 24.3 Å². The van der Waals surface area contributed by atoms with E-state index in [0.717, 1.165) is 13.0 Å². The topological polar surface area (TPSA) is 45.5 Å². The fraction of sp³-hybridized carbons (Fsp3) is 0.214. The van der Waals surface area contributed by atoms with Gasteiger partial charge in [-0.2, -0.15) is 0 Å². The van der Waals surface area contributed by atoms with Gasteiger partial charge in [0.25, 0.3) is 0 Å². The lowest BCUT2D eigenvalue weighted by atomic mass is 10.0. The minimum Gasteiger partial charge on any atom is -0.449 e. The summed E-state index contributed by atoms with van der Waals surface area (Å²) in [6.07, 6.45) is 2.45. The molecule has 2 heterocycles. The number of carbonyl (C=O) groups is 1. The van der Waals surface area contributed by atoms with E-state index >= 15 is 0 Å². The molecule has 0 spiro atoms. The van der Waals surface area contributed by atoms with E-state index in [2.05, 4.69) is 17.4 Å². The van der Waals surface area contributed by atoms with Crippen molar-refractivity contribution in [1.29, 1.82) is 0 Å². The van der Waals surface area contributed by atoms with E-state index in [9.17, 15) is 4.79 Å². The molecule has 3 rings (SSSR count). The molecule has 1 aliphatic heterocycles. The molecule has 2 amide bonds. The third kappa shape index (κ3) is 2.09. The second-order valence-electron chi connectivity index (χ2n) is 4.35. The Morgan fingerprint density at radius 3 is 2.78 bits per heavy atom. The van der Waals surface area contributed by atoms with Gasteiger partial charge >= 0.3 is 6.03 Å². The van der Waals surface area contributed by atoms with Crippen LogP contribution in [-0.2, 0) is 13.0 Å². The highest BCUT2D eigenvalue weighted by Gasteiger charge is 2.20. The maximum atomic E-state index is 12.0. The number of benzene rings is 1. The maximum Gasteiger partial charge on any atom is 0.324 e. The molecule has 92 valence electrons. The molecule has 0 bridgehead atoms. The molecule has 18 heavy (non-hydrogen) atoms. The molecular formula is C14H14N2O2. The lowest BCUT2D eigenvalue weighted by Gasteiger charge is -2.28. The fourth-order valence-corrected chi connectivity index (χ4v) is 2.20. The van der Waals surface area contributed by atoms with Crippen LogP contribution in [0.5, 0.6) is 0 Å². The Morgan fingerprint density at radius 1 is 1.17 bits per heavy atom. The third-order valence-electron chi connectivity index (χ3n) is 3.17. The average molecular weight is 242 g/mol. The number of nitrogens with zero attached hydrogens (tertiary/aromatic N) is 1. The largest absolute Gasteiger partial charge is 0.449 e. The van der Waals surface area contributed by atoms with E-state index < -0.39 is 0 Å². The highest BCUT2D eigenvalue weighted by atomic mass is 16.3. The van der Waals surface area contributed by atoms with Crippen molar-refractivity contribution in [2.75, 3.05) is 11.9 Å². The molecule has 2 aromatic rings. The maximum absolute atomic E-state index is 12.0. The Hall–Kier alpha value is -2.23. The van der Waals surface area contributed by atoms with Crippen LogP contribution in [0.3, 0.4) is 0 Å². The van der Waals surface area contributed by atoms with Crippen molar-refractivity contribution in [2.45, 2.75) is 13.0 Å². The lowest BCUT2D eigenvalue weighted by Crippen LogP contribution is -2.38. The zero-order valence-electron chi connectivity index (χ0n) is 9.93. The second kappa shape index (κ2) is 4.56. The molecule has 0 saturated carbocycles. The Kier molecular flexibility index (Phi) is 2.76. The summed E-state index contributed by atoms with van der Waals surface area (Å²) in [5.74, 6) is 0.485. The van der Waals surface area contributed by atoms with Gasteiger partial charge in [-0.15, -0.1) is 0 Å². The average Bonchev–Trinajstić information content (AvgIpc) is 2.91. The van der Waals surface area contributed by atoms with Crippen LogP contribution in [-0.4, -0.2) is 17.5 Å². The molecule has 0 fully saturated rings. The van der Waals surface area contributed by atoms with Crippen LogP contribution >= 0.6 is 0 Å². The summed E-state index contributed by atoms with van der Waals surface area (Å²) >= 11 is 0. The molecule has 1 aromatic heterocycles. The number of furan rings is 1. The predicted octanol–water partition coefficient (Wildman–Crippen LogP) is 2.87. The Labute approximate surface area is 105 Å². The number of hydrogen-bond donors (Lipinski definition) is 1. The highest BCUT2D eigenvalue weighted by molar-refractivity contribution is 5.88. The number of amides is 2. The molecule has 0 atom stereocenters. The molecule has 0 saturated heterocycles. The Morgan fingerprint density at radius 2 is 2.00 bits per heavy atom. The third-order valence-corrected chi connectivity index (χ3v) is 3.17. The predicted molar refractivity (Wildman–Crippen MR) is 68.3 cm³/mol. The van der Waals surface area contributed by atoms with Crippen molar-refractivity contribution in [2.24, 2.45) is 0 Å². The summed E-state index contributed by atoms with van der Waals surface area (Å²) < 4.78 is 5.11. The standard InChI is InChI=1S/C14H14N2O2/c17-14(15-13-6-3-9-18-13)16-8-7-11-4-1-2-5-12(11)10-16/h1-6,9H,7-8,10H2,(H,15,17). The molecule has 4 heteroatoms. The Balaban J connectivity index is 1.70. The number of rotatable bonds is 1. The summed E-state index contributed by atoms with van der Waals surface area (Å²) in [7, 11) is 0. The van der Waals surface area contributed by atoms with Crippen LogP contribution in [0.2, 0.25) is 0 Å². The van der Waals surface area contributed by atoms with Crippen molar-refractivity contribution in [3.05, 3.63) is 53.8 Å². The second-order valence-corrected chi connectivity index (χ2v) is 4.35. The smallest absolute Gasteiger partial charge is 0.324 e. The van der Waals surface area contributed by atoms with Crippen LogP contribution in [0.25, 0.3) is 0 Å². The Bertz CT molecular complexity index is 549. The van der Waals surface area contributed by atoms with Crippen LogP contribution in [0, 0.1) is 0 Å². The van der Waals surface area contributed by atoms with Crippen molar-refractivity contribution >= 4 is 11.9 Å². The van der Waals surface area contributed by atoms with Crippen LogP contribution in [0.15, 0.2) is 47.1 Å². The number of carbonyl (C=O) groups excluding carboxylic acids is 1. The van der Waals surface area contributed by atoms with Crippen LogP contribution in [0.1, 0.15) is 11.1 Å². The molecule has 1 N–H and O–H groups in total. The van der Waals surface area contributed by atoms with Gasteiger partial charge in [0.15, 0.2) is 0 Å². The van der Waals surface area contributed by atoms with Crippen LogP contribution < -0.4 is 5.32 Å². The van der Waals surface area contributed by atoms with Gasteiger partial charge in [0.2, 0.25) is 5.88 Å². The minimum absolute atomic E-state index is 0.112. The summed E-state index contributed by atoms with van der Waals surface area (Å²) in [4.78, 5) is 13.8. The van der Waals surface area contributed by atoms with Gasteiger partial charge in [-0.25, -0.2) is 4.79 Å². The number of fused-ring (bicyclic) bond motifs is 1. The molecule has 4 nitrogen and oxygen atoms in total. The van der Waals surface area contributed by atoms with E-state index in [1.807, 2.05) is 12.1 Å². The van der Waals surface area contributed by atoms with Crippen LogP contribution in [0.4, 0.5) is 10.7 Å². The number of urea groups is 1. The molecule has 0 aliphatic carbocycles. The first-order valence-corrected chi connectivity index (χ1v) is 5.99. The number of anilines is 1. The van der Waals surface area contributed by atoms with Gasteiger partial charge in [-0.3, -0.25) is 5.32 Å². The summed E-state index contributed by atoms with van der Waals surface area (Å²) in [5, 5.41) is 2.74. The minimum atomic E-state index is -0.112. The SMILES string of the molecule is O=C(Nc1ccco1)N1CCc2ccccc2C1. The van der Waals surface area contributed by atoms with Crippen molar-refractivity contribution < 1.29 is 9.21 Å². The van der Waals surface area contributed by atoms with E-state index in [-0.39, 0.29) is 6.03 Å². The van der Waals surface area contributed by atoms with Gasteiger partial charge in [0.05, 0.1) is 6.26 Å². The summed E-state index contributed by atoms with van der Waals surface area (Å²) in [6.45, 7) is 1.40. The van der Waals surface area contributed by atoms with E-state index in [1.165, 1.54) is 11.1 Å². The molecule has 0 unspecified atom stereocenters. The summed E-state index contributed by atoms with van der Waals surface area (Å²) in [5.41, 5.74) is 2.55. The number of hydrogen-bond acceptors (Lipinski definition) is 2. The molecule has 1 aromatic carbocycles. The van der Waals surface area contributed by atoms with Crippen molar-refractivity contribution in [3.63, 3.8) is 0 Å². The van der Waals surface area contributed by atoms with E-state index in [1.54, 1.807) is 23.3 Å². The first kappa shape index (κ1) is 10.9. The van der Waals surface area contributed by atoms with Crippen molar-refractivity contribution in [3.8, 4) is 0 Å². The zero-order chi connectivity index (χ0) is 12.4. The molecule has 0 radical (unpaired) electrons. The quantitative estimate of drug-likeness (QED) is 0.835. The number of nitrogens with one attached hydrogen (secondary N) is 1. The molecular weight excluding hydrogens is 228 g/mol. The zero-order valence-corrected chi connectivity index (χ0v) is 9.93. The van der Waals surface area contributed by atoms with E-state index in [0.29, 0.717) is 12.4 Å². The van der Waals surface area contributed by atoms with Gasteiger partial charge in [-0.05, 0) is 23.6 Å². The summed E-state index contributed by atoms with van der Waals surface area (Å²) in [6, 6.07) is 11.6. The monoisotopic (exact) mass is 242 g/mol. The van der Waals surface area contributed by atoms with E-state index in [4.69, 9.17) is 4.42 Å². The van der Waals surface area contributed by atoms with Gasteiger partial charge in [0, 0.05) is 19.2 Å². The van der Waals surface area contributed by atoms with Gasteiger partial charge < -0.3 is 9.32 Å². The first-order chi connectivity index (χ1) is 8.83. The highest BCUT2D eigenvalue weighted by Crippen LogP contribution is 2.19. The lowest BCUT2D eigenvalue weighted by molar-refractivity contribution is 0.206. The van der Waals surface area contributed by atoms with Crippen molar-refractivity contribution in [1.82, 2.24) is 4.90 Å². The molecule has 1 aliphatic rings. The first-order valence-electron chi connectivity index (χ1n) is 5.99. The fourth-order valence-electron chi connectivity index (χ4n) is 2.20. The van der Waals surface area contributed by atoms with Gasteiger partial charge in [0.1, 0.15) is 0 Å².